The smallest absolute Gasteiger partial charge is 0.243 e. The third kappa shape index (κ3) is 3.35. The van der Waals surface area contributed by atoms with Crippen LogP contribution in [0.5, 0.6) is 0 Å². The van der Waals surface area contributed by atoms with Gasteiger partial charge in [0.05, 0.1) is 6.04 Å². The third-order valence-electron chi connectivity index (χ3n) is 3.67. The van der Waals surface area contributed by atoms with Crippen molar-refractivity contribution in [3.63, 3.8) is 0 Å². The number of amides is 1. The Morgan fingerprint density at radius 1 is 1.32 bits per heavy atom. The topological polar surface area (TPSA) is 46.3 Å². The summed E-state index contributed by atoms with van der Waals surface area (Å²) >= 11 is 0. The number of benzene rings is 1. The fourth-order valence-electron chi connectivity index (χ4n) is 2.73. The summed E-state index contributed by atoms with van der Waals surface area (Å²) in [5, 5.41) is 0. The number of nitrogens with zero attached hydrogens (tertiary/aromatic N) is 1. The van der Waals surface area contributed by atoms with E-state index in [4.69, 9.17) is 5.73 Å². The monoisotopic (exact) mass is 260 g/mol. The van der Waals surface area contributed by atoms with Crippen molar-refractivity contribution in [1.29, 1.82) is 0 Å². The van der Waals surface area contributed by atoms with Crippen molar-refractivity contribution >= 4 is 11.6 Å². The van der Waals surface area contributed by atoms with Crippen molar-refractivity contribution in [2.24, 2.45) is 11.7 Å². The lowest BCUT2D eigenvalue weighted by atomic mass is 10.0. The zero-order valence-electron chi connectivity index (χ0n) is 11.9. The molecule has 0 bridgehead atoms. The molecule has 1 heterocycles. The number of hydrogen-bond donors (Lipinski definition) is 1. The number of nitrogens with two attached hydrogens (primary N) is 1. The van der Waals surface area contributed by atoms with Gasteiger partial charge in [0.15, 0.2) is 0 Å². The maximum absolute atomic E-state index is 12.6. The van der Waals surface area contributed by atoms with E-state index in [-0.39, 0.29) is 11.9 Å². The normalized spacial score (nSPS) is 16.9. The van der Waals surface area contributed by atoms with E-state index in [9.17, 15) is 4.79 Å². The van der Waals surface area contributed by atoms with Crippen molar-refractivity contribution in [3.05, 3.63) is 29.8 Å². The minimum atomic E-state index is -0.383. The average Bonchev–Trinajstić information content (AvgIpc) is 2.59. The van der Waals surface area contributed by atoms with Crippen molar-refractivity contribution in [1.82, 2.24) is 0 Å². The Labute approximate surface area is 115 Å². The van der Waals surface area contributed by atoms with Crippen LogP contribution in [0.15, 0.2) is 24.3 Å². The predicted molar refractivity (Wildman–Crippen MR) is 79.2 cm³/mol. The average molecular weight is 260 g/mol. The summed E-state index contributed by atoms with van der Waals surface area (Å²) < 4.78 is 0. The molecule has 1 aromatic carbocycles. The zero-order chi connectivity index (χ0) is 13.8. The molecule has 19 heavy (non-hydrogen) atoms. The quantitative estimate of drug-likeness (QED) is 0.908. The van der Waals surface area contributed by atoms with Crippen LogP contribution in [-0.2, 0) is 11.2 Å². The van der Waals surface area contributed by atoms with Crippen molar-refractivity contribution in [3.8, 4) is 0 Å². The SMILES string of the molecule is CC(C)C[C@@H](N)C(=O)N1CCCCc2ccccc21. The van der Waals surface area contributed by atoms with Crippen LogP contribution in [0.2, 0.25) is 0 Å². The van der Waals surface area contributed by atoms with E-state index in [2.05, 4.69) is 19.9 Å². The number of fused-ring (bicyclic) bond motifs is 1. The van der Waals surface area contributed by atoms with Crippen LogP contribution in [0, 0.1) is 5.92 Å². The minimum absolute atomic E-state index is 0.0723. The maximum atomic E-state index is 12.6. The second-order valence-corrected chi connectivity index (χ2v) is 5.81. The Morgan fingerprint density at radius 3 is 2.79 bits per heavy atom. The summed E-state index contributed by atoms with van der Waals surface area (Å²) in [6, 6.07) is 7.82. The van der Waals surface area contributed by atoms with Gasteiger partial charge in [-0.2, -0.15) is 0 Å². The first-order valence-electron chi connectivity index (χ1n) is 7.24. The highest BCUT2D eigenvalue weighted by molar-refractivity contribution is 5.97. The molecule has 1 atom stereocenters. The summed E-state index contributed by atoms with van der Waals surface area (Å²) in [5.41, 5.74) is 8.39. The molecule has 1 aliphatic heterocycles. The number of carbonyl (C=O) groups excluding carboxylic acids is 1. The number of rotatable bonds is 3. The van der Waals surface area contributed by atoms with Gasteiger partial charge in [0, 0.05) is 12.2 Å². The molecule has 104 valence electrons. The van der Waals surface area contributed by atoms with Crippen LogP contribution >= 0.6 is 0 Å². The van der Waals surface area contributed by atoms with Gasteiger partial charge in [-0.1, -0.05) is 32.0 Å². The Balaban J connectivity index is 2.21. The van der Waals surface area contributed by atoms with E-state index in [1.54, 1.807) is 0 Å². The Hall–Kier alpha value is -1.35. The molecular formula is C16H24N2O. The van der Waals surface area contributed by atoms with E-state index in [1.165, 1.54) is 5.56 Å². The molecule has 0 radical (unpaired) electrons. The van der Waals surface area contributed by atoms with Gasteiger partial charge in [-0.05, 0) is 43.2 Å². The maximum Gasteiger partial charge on any atom is 0.243 e. The number of hydrogen-bond acceptors (Lipinski definition) is 2. The standard InChI is InChI=1S/C16H24N2O/c1-12(2)11-14(17)16(19)18-10-6-5-8-13-7-3-4-9-15(13)18/h3-4,7,9,12,14H,5-6,8,10-11,17H2,1-2H3/t14-/m1/s1. The number of aryl methyl sites for hydroxylation is 1. The first-order chi connectivity index (χ1) is 9.09. The predicted octanol–water partition coefficient (Wildman–Crippen LogP) is 2.73. The van der Waals surface area contributed by atoms with E-state index in [0.29, 0.717) is 5.92 Å². The first-order valence-corrected chi connectivity index (χ1v) is 7.24. The van der Waals surface area contributed by atoms with Gasteiger partial charge < -0.3 is 10.6 Å². The molecule has 3 nitrogen and oxygen atoms in total. The summed E-state index contributed by atoms with van der Waals surface area (Å²) in [6.07, 6.45) is 3.99. The van der Waals surface area contributed by atoms with Crippen molar-refractivity contribution in [2.75, 3.05) is 11.4 Å². The molecule has 0 saturated carbocycles. The summed E-state index contributed by atoms with van der Waals surface area (Å²) in [6.45, 7) is 4.99. The Kier molecular flexibility index (Phi) is 4.59. The minimum Gasteiger partial charge on any atom is -0.320 e. The van der Waals surface area contributed by atoms with Crippen molar-refractivity contribution < 1.29 is 4.79 Å². The molecule has 0 aromatic heterocycles. The summed E-state index contributed by atoms with van der Waals surface area (Å²) in [7, 11) is 0. The van der Waals surface area contributed by atoms with Gasteiger partial charge in [-0.25, -0.2) is 0 Å². The molecule has 1 aliphatic rings. The van der Waals surface area contributed by atoms with Gasteiger partial charge in [0.25, 0.3) is 0 Å². The second-order valence-electron chi connectivity index (χ2n) is 5.81. The van der Waals surface area contributed by atoms with Gasteiger partial charge in [-0.15, -0.1) is 0 Å². The van der Waals surface area contributed by atoms with E-state index in [1.807, 2.05) is 23.1 Å². The lowest BCUT2D eigenvalue weighted by Crippen LogP contribution is -2.45. The fourth-order valence-corrected chi connectivity index (χ4v) is 2.73. The van der Waals surface area contributed by atoms with Crippen LogP contribution in [0.25, 0.3) is 0 Å². The summed E-state index contributed by atoms with van der Waals surface area (Å²) in [4.78, 5) is 14.4. The molecule has 2 rings (SSSR count). The van der Waals surface area contributed by atoms with Crippen LogP contribution < -0.4 is 10.6 Å². The van der Waals surface area contributed by atoms with Gasteiger partial charge >= 0.3 is 0 Å². The third-order valence-corrected chi connectivity index (χ3v) is 3.67. The molecule has 2 N–H and O–H groups in total. The van der Waals surface area contributed by atoms with E-state index in [0.717, 1.165) is 37.9 Å². The molecule has 0 spiro atoms. The fraction of sp³-hybridized carbons (Fsp3) is 0.562. The van der Waals surface area contributed by atoms with Crippen LogP contribution in [0.3, 0.4) is 0 Å². The first kappa shape index (κ1) is 14.1. The highest BCUT2D eigenvalue weighted by Crippen LogP contribution is 2.26. The highest BCUT2D eigenvalue weighted by atomic mass is 16.2. The molecule has 0 saturated heterocycles. The molecule has 1 aromatic rings. The van der Waals surface area contributed by atoms with Gasteiger partial charge in [0.1, 0.15) is 0 Å². The number of para-hydroxylation sites is 1. The molecule has 3 heteroatoms. The van der Waals surface area contributed by atoms with Crippen molar-refractivity contribution in [2.45, 2.75) is 45.6 Å². The molecule has 1 amide bonds. The Morgan fingerprint density at radius 2 is 2.05 bits per heavy atom. The second kappa shape index (κ2) is 6.20. The Bertz CT molecular complexity index is 442. The van der Waals surface area contributed by atoms with Gasteiger partial charge in [0.2, 0.25) is 5.91 Å². The van der Waals surface area contributed by atoms with Gasteiger partial charge in [-0.3, -0.25) is 4.79 Å². The largest absolute Gasteiger partial charge is 0.320 e. The van der Waals surface area contributed by atoms with Crippen LogP contribution in [-0.4, -0.2) is 18.5 Å². The molecule has 0 aliphatic carbocycles. The summed E-state index contributed by atoms with van der Waals surface area (Å²) in [5.74, 6) is 0.518. The highest BCUT2D eigenvalue weighted by Gasteiger charge is 2.25. The lowest BCUT2D eigenvalue weighted by molar-refractivity contribution is -0.120. The van der Waals surface area contributed by atoms with E-state index < -0.39 is 0 Å². The molecular weight excluding hydrogens is 236 g/mol. The van der Waals surface area contributed by atoms with Crippen LogP contribution in [0.1, 0.15) is 38.7 Å². The number of carbonyl (C=O) groups is 1. The molecule has 0 fully saturated rings. The number of anilines is 1. The molecule has 0 unspecified atom stereocenters. The van der Waals surface area contributed by atoms with E-state index >= 15 is 0 Å². The zero-order valence-corrected chi connectivity index (χ0v) is 11.9. The van der Waals surface area contributed by atoms with Crippen LogP contribution in [0.4, 0.5) is 5.69 Å². The lowest BCUT2D eigenvalue weighted by Gasteiger charge is -2.26.